The van der Waals surface area contributed by atoms with Gasteiger partial charge >= 0.3 is 5.69 Å². The van der Waals surface area contributed by atoms with Crippen molar-refractivity contribution in [3.63, 3.8) is 0 Å². The highest BCUT2D eigenvalue weighted by Gasteiger charge is 2.36. The molecule has 1 saturated heterocycles. The predicted octanol–water partition coefficient (Wildman–Crippen LogP) is 0.893. The number of nitrogens with zero attached hydrogens (tertiary/aromatic N) is 2. The molecule has 1 fully saturated rings. The van der Waals surface area contributed by atoms with Crippen molar-refractivity contribution in [2.24, 2.45) is 0 Å². The van der Waals surface area contributed by atoms with E-state index in [1.807, 2.05) is 0 Å². The topological polar surface area (TPSA) is 166 Å². The molecule has 0 spiro atoms. The number of nitro benzene ring substituents is 1. The molecule has 1 aromatic carbocycles. The third-order valence-electron chi connectivity index (χ3n) is 5.21. The first-order valence-corrected chi connectivity index (χ1v) is 10.5. The number of aryl methyl sites for hydroxylation is 1. The second kappa shape index (κ2) is 10.1. The number of amides is 1. The van der Waals surface area contributed by atoms with Gasteiger partial charge in [-0.2, -0.15) is 0 Å². The van der Waals surface area contributed by atoms with E-state index in [4.69, 9.17) is 21.1 Å². The summed E-state index contributed by atoms with van der Waals surface area (Å²) in [6.07, 6.45) is -1.63. The van der Waals surface area contributed by atoms with Gasteiger partial charge in [0, 0.05) is 36.9 Å². The number of rotatable bonds is 8. The Bertz CT molecular complexity index is 1160. The number of hydrogen-bond acceptors (Lipinski definition) is 8. The molecule has 1 aliphatic rings. The minimum Gasteiger partial charge on any atom is -0.479 e. The highest BCUT2D eigenvalue weighted by molar-refractivity contribution is 6.32. The van der Waals surface area contributed by atoms with Crippen molar-refractivity contribution in [1.82, 2.24) is 14.9 Å². The van der Waals surface area contributed by atoms with E-state index in [1.165, 1.54) is 29.8 Å². The number of nitro groups is 1. The minimum absolute atomic E-state index is 0.0148. The van der Waals surface area contributed by atoms with Crippen LogP contribution >= 0.6 is 11.6 Å². The Hall–Kier alpha value is -3.22. The summed E-state index contributed by atoms with van der Waals surface area (Å²) in [5.74, 6) is -0.426. The number of aliphatic hydroxyl groups is 1. The average molecular weight is 483 g/mol. The molecule has 1 aliphatic heterocycles. The van der Waals surface area contributed by atoms with E-state index in [0.29, 0.717) is 12.0 Å². The van der Waals surface area contributed by atoms with Crippen LogP contribution in [0.15, 0.2) is 34.0 Å². The van der Waals surface area contributed by atoms with Crippen molar-refractivity contribution >= 4 is 23.2 Å². The number of H-pyrrole nitrogens is 1. The van der Waals surface area contributed by atoms with Gasteiger partial charge in [-0.1, -0.05) is 18.5 Å². The zero-order valence-electron chi connectivity index (χ0n) is 17.8. The van der Waals surface area contributed by atoms with Gasteiger partial charge in [0.15, 0.2) is 6.10 Å². The van der Waals surface area contributed by atoms with E-state index in [9.17, 15) is 29.6 Å². The molecule has 1 unspecified atom stereocenters. The van der Waals surface area contributed by atoms with Gasteiger partial charge < -0.3 is 19.9 Å². The summed E-state index contributed by atoms with van der Waals surface area (Å²) in [5, 5.41) is 23.7. The molecule has 0 saturated carbocycles. The molecule has 1 amide bonds. The molecule has 0 radical (unpaired) electrons. The molecular formula is C20H23ClN4O8. The van der Waals surface area contributed by atoms with Gasteiger partial charge in [-0.25, -0.2) is 4.79 Å². The van der Waals surface area contributed by atoms with E-state index in [2.05, 4.69) is 10.3 Å². The van der Waals surface area contributed by atoms with Gasteiger partial charge in [0.25, 0.3) is 17.2 Å². The monoisotopic (exact) mass is 482 g/mol. The summed E-state index contributed by atoms with van der Waals surface area (Å²) < 4.78 is 12.4. The third-order valence-corrected chi connectivity index (χ3v) is 5.51. The number of aromatic amines is 1. The number of carbonyl (C=O) groups is 1. The van der Waals surface area contributed by atoms with Crippen molar-refractivity contribution < 1.29 is 24.3 Å². The summed E-state index contributed by atoms with van der Waals surface area (Å²) in [6, 6.07) is 3.62. The fourth-order valence-corrected chi connectivity index (χ4v) is 3.57. The van der Waals surface area contributed by atoms with E-state index in [-0.39, 0.29) is 29.4 Å². The van der Waals surface area contributed by atoms with E-state index in [1.54, 1.807) is 6.92 Å². The number of hydrogen-bond donors (Lipinski definition) is 3. The molecule has 0 bridgehead atoms. The normalized spacial score (nSPS) is 20.9. The maximum absolute atomic E-state index is 12.4. The smallest absolute Gasteiger partial charge is 0.330 e. The van der Waals surface area contributed by atoms with Crippen LogP contribution in [-0.2, 0) is 16.0 Å². The molecule has 2 aromatic rings. The maximum atomic E-state index is 12.4. The number of benzene rings is 1. The van der Waals surface area contributed by atoms with Crippen molar-refractivity contribution in [2.45, 2.75) is 51.2 Å². The van der Waals surface area contributed by atoms with Crippen molar-refractivity contribution in [3.8, 4) is 5.75 Å². The Labute approximate surface area is 192 Å². The first-order chi connectivity index (χ1) is 15.6. The van der Waals surface area contributed by atoms with E-state index in [0.717, 1.165) is 6.07 Å². The van der Waals surface area contributed by atoms with Crippen LogP contribution in [-0.4, -0.2) is 50.3 Å². The lowest BCUT2D eigenvalue weighted by atomic mass is 10.1. The van der Waals surface area contributed by atoms with Crippen LogP contribution in [0.1, 0.15) is 32.1 Å². The van der Waals surface area contributed by atoms with Crippen LogP contribution in [0, 0.1) is 10.1 Å². The molecular weight excluding hydrogens is 460 g/mol. The summed E-state index contributed by atoms with van der Waals surface area (Å²) in [4.78, 5) is 48.7. The van der Waals surface area contributed by atoms with Crippen LogP contribution < -0.4 is 21.3 Å². The molecule has 1 aromatic heterocycles. The summed E-state index contributed by atoms with van der Waals surface area (Å²) in [5.41, 5.74) is -0.927. The van der Waals surface area contributed by atoms with Crippen molar-refractivity contribution in [1.29, 1.82) is 0 Å². The molecule has 3 N–H and O–H groups in total. The number of non-ortho nitro benzene ring substituents is 1. The van der Waals surface area contributed by atoms with Crippen LogP contribution in [0.4, 0.5) is 5.69 Å². The second-order valence-electron chi connectivity index (χ2n) is 7.48. The van der Waals surface area contributed by atoms with Crippen LogP contribution in [0.2, 0.25) is 5.02 Å². The Morgan fingerprint density at radius 1 is 1.48 bits per heavy atom. The lowest BCUT2D eigenvalue weighted by Crippen LogP contribution is -2.42. The molecule has 178 valence electrons. The lowest BCUT2D eigenvalue weighted by molar-refractivity contribution is -0.384. The fraction of sp³-hybridized carbons (Fsp3) is 0.450. The number of ether oxygens (including phenoxy) is 2. The lowest BCUT2D eigenvalue weighted by Gasteiger charge is -2.19. The Balaban J connectivity index is 1.59. The quantitative estimate of drug-likeness (QED) is 0.368. The zero-order valence-corrected chi connectivity index (χ0v) is 18.6. The number of aromatic nitrogens is 2. The van der Waals surface area contributed by atoms with Gasteiger partial charge in [-0.15, -0.1) is 0 Å². The number of halogens is 1. The fourth-order valence-electron chi connectivity index (χ4n) is 3.35. The highest BCUT2D eigenvalue weighted by atomic mass is 35.5. The Morgan fingerprint density at radius 2 is 2.21 bits per heavy atom. The first-order valence-electron chi connectivity index (χ1n) is 10.2. The number of carbonyl (C=O) groups excluding carboxylic acids is 1. The Kier molecular flexibility index (Phi) is 7.51. The van der Waals surface area contributed by atoms with Crippen molar-refractivity contribution in [3.05, 3.63) is 65.9 Å². The minimum atomic E-state index is -0.993. The predicted molar refractivity (Wildman–Crippen MR) is 116 cm³/mol. The number of aliphatic hydroxyl groups excluding tert-OH is 1. The molecule has 4 atom stereocenters. The van der Waals surface area contributed by atoms with Gasteiger partial charge in [0.2, 0.25) is 0 Å². The third kappa shape index (κ3) is 5.59. The molecule has 13 heteroatoms. The maximum Gasteiger partial charge on any atom is 0.330 e. The summed E-state index contributed by atoms with van der Waals surface area (Å²) in [7, 11) is 0. The largest absolute Gasteiger partial charge is 0.479 e. The first kappa shape index (κ1) is 24.4. The summed E-state index contributed by atoms with van der Waals surface area (Å²) >= 11 is 5.98. The van der Waals surface area contributed by atoms with E-state index >= 15 is 0 Å². The van der Waals surface area contributed by atoms with Crippen LogP contribution in [0.5, 0.6) is 5.75 Å². The molecule has 0 aliphatic carbocycles. The second-order valence-corrected chi connectivity index (χ2v) is 7.89. The molecule has 3 rings (SSSR count). The molecule has 2 heterocycles. The van der Waals surface area contributed by atoms with Gasteiger partial charge in [-0.3, -0.25) is 29.3 Å². The van der Waals surface area contributed by atoms with Gasteiger partial charge in [0.05, 0.1) is 16.0 Å². The van der Waals surface area contributed by atoms with E-state index < -0.39 is 46.6 Å². The van der Waals surface area contributed by atoms with Gasteiger partial charge in [-0.05, 0) is 19.4 Å². The van der Waals surface area contributed by atoms with Crippen molar-refractivity contribution in [2.75, 3.05) is 6.54 Å². The molecule has 12 nitrogen and oxygen atoms in total. The SMILES string of the molecule is CCc1cn([C@H]2C[C@H](O)[C@@H](CNC(=O)C(C)Oc3ccc([N+](=O)[O-])cc3Cl)O2)c(=O)[nH]c1=O. The number of nitrogens with one attached hydrogen (secondary N) is 2. The standard InChI is InChI=1S/C20H23ClN4O8/c1-3-11-9-24(20(29)23-19(11)28)17-7-14(26)16(33-17)8-22-18(27)10(2)32-15-5-4-12(25(30)31)6-13(15)21/h4-6,9-10,14,16-17,26H,3,7-8H2,1-2H3,(H,22,27)(H,23,28,29)/t10?,14-,16+,17+/m0/s1. The molecule has 33 heavy (non-hydrogen) atoms. The summed E-state index contributed by atoms with van der Waals surface area (Å²) in [6.45, 7) is 3.18. The van der Waals surface area contributed by atoms with Crippen LogP contribution in [0.3, 0.4) is 0 Å². The Morgan fingerprint density at radius 3 is 2.85 bits per heavy atom. The zero-order chi connectivity index (χ0) is 24.3. The average Bonchev–Trinajstić information content (AvgIpc) is 3.13. The van der Waals surface area contributed by atoms with Gasteiger partial charge in [0.1, 0.15) is 18.1 Å². The van der Waals surface area contributed by atoms with Crippen LogP contribution in [0.25, 0.3) is 0 Å². The highest BCUT2D eigenvalue weighted by Crippen LogP contribution is 2.30.